The number of hydrogen-bond donors (Lipinski definition) is 1. The van der Waals surface area contributed by atoms with E-state index in [0.717, 1.165) is 10.2 Å². The number of nitrogens with one attached hydrogen (secondary N) is 1. The second-order valence-corrected chi connectivity index (χ2v) is 8.25. The maximum absolute atomic E-state index is 12.5. The number of rotatable bonds is 6. The van der Waals surface area contributed by atoms with Crippen LogP contribution in [-0.2, 0) is 16.6 Å². The molecule has 1 aromatic heterocycles. The second-order valence-electron chi connectivity index (χ2n) is 5.69. The summed E-state index contributed by atoms with van der Waals surface area (Å²) < 4.78 is 33.7. The Morgan fingerprint density at radius 1 is 1.14 bits per heavy atom. The first-order valence-corrected chi connectivity index (χ1v) is 10.2. The van der Waals surface area contributed by atoms with E-state index in [2.05, 4.69) is 9.82 Å². The van der Waals surface area contributed by atoms with Crippen LogP contribution < -0.4 is 15.0 Å². The molecule has 0 unspecified atom stereocenters. The number of aromatic nitrogens is 2. The van der Waals surface area contributed by atoms with Gasteiger partial charge >= 0.3 is 0 Å². The van der Waals surface area contributed by atoms with Gasteiger partial charge in [0.2, 0.25) is 10.0 Å². The number of benzene rings is 2. The fraction of sp³-hybridized carbons (Fsp3) is 0.111. The monoisotopic (exact) mass is 439 g/mol. The average Bonchev–Trinajstić information content (AvgIpc) is 2.71. The predicted octanol–water partition coefficient (Wildman–Crippen LogP) is 3.03. The number of methoxy groups -OCH3 is 1. The molecule has 146 valence electrons. The first-order valence-electron chi connectivity index (χ1n) is 7.98. The van der Waals surface area contributed by atoms with Gasteiger partial charge in [0.1, 0.15) is 10.8 Å². The maximum atomic E-state index is 12.5. The van der Waals surface area contributed by atoms with Crippen LogP contribution in [-0.4, -0.2) is 25.3 Å². The molecular formula is C18H15Cl2N3O4S. The van der Waals surface area contributed by atoms with Crippen molar-refractivity contribution in [2.75, 3.05) is 7.11 Å². The largest absolute Gasteiger partial charge is 0.497 e. The molecule has 3 rings (SSSR count). The van der Waals surface area contributed by atoms with Gasteiger partial charge in [-0.05, 0) is 42.0 Å². The zero-order valence-corrected chi connectivity index (χ0v) is 16.9. The van der Waals surface area contributed by atoms with Crippen LogP contribution in [0, 0.1) is 0 Å². The molecule has 0 bridgehead atoms. The third-order valence-corrected chi connectivity index (χ3v) is 6.03. The van der Waals surface area contributed by atoms with Crippen LogP contribution in [0.2, 0.25) is 10.0 Å². The average molecular weight is 440 g/mol. The Morgan fingerprint density at radius 2 is 1.86 bits per heavy atom. The van der Waals surface area contributed by atoms with E-state index in [9.17, 15) is 13.2 Å². The van der Waals surface area contributed by atoms with Crippen LogP contribution in [0.4, 0.5) is 0 Å². The van der Waals surface area contributed by atoms with Gasteiger partial charge in [-0.15, -0.1) is 0 Å². The number of nitrogens with zero attached hydrogens (tertiary/aromatic N) is 2. The summed E-state index contributed by atoms with van der Waals surface area (Å²) in [4.78, 5) is 12.2. The molecule has 0 atom stereocenters. The van der Waals surface area contributed by atoms with Crippen molar-refractivity contribution in [2.24, 2.45) is 0 Å². The zero-order chi connectivity index (χ0) is 20.3. The van der Waals surface area contributed by atoms with Crippen LogP contribution in [0.15, 0.2) is 64.4 Å². The normalized spacial score (nSPS) is 11.4. The van der Waals surface area contributed by atoms with E-state index in [1.165, 1.54) is 30.5 Å². The fourth-order valence-corrected chi connectivity index (χ4v) is 3.68. The first-order chi connectivity index (χ1) is 13.3. The molecule has 0 amide bonds. The van der Waals surface area contributed by atoms with Gasteiger partial charge in [0, 0.05) is 6.54 Å². The first kappa shape index (κ1) is 20.3. The highest BCUT2D eigenvalue weighted by molar-refractivity contribution is 7.89. The van der Waals surface area contributed by atoms with Crippen molar-refractivity contribution in [1.29, 1.82) is 0 Å². The molecule has 2 aromatic carbocycles. The van der Waals surface area contributed by atoms with Crippen molar-refractivity contribution in [1.82, 2.24) is 14.5 Å². The lowest BCUT2D eigenvalue weighted by Gasteiger charge is -2.09. The van der Waals surface area contributed by atoms with Crippen LogP contribution in [0.25, 0.3) is 5.69 Å². The summed E-state index contributed by atoms with van der Waals surface area (Å²) in [6, 6.07) is 12.7. The SMILES string of the molecule is COc1cccc(CNS(=O)(=O)c2ccc(-n3ncc(Cl)c(Cl)c3=O)cc2)c1. The third-order valence-electron chi connectivity index (χ3n) is 3.87. The summed E-state index contributed by atoms with van der Waals surface area (Å²) >= 11 is 11.6. The Kier molecular flexibility index (Phi) is 6.04. The number of hydrogen-bond acceptors (Lipinski definition) is 5. The molecule has 7 nitrogen and oxygen atoms in total. The number of ether oxygens (including phenoxy) is 1. The van der Waals surface area contributed by atoms with Gasteiger partial charge < -0.3 is 4.74 Å². The Morgan fingerprint density at radius 3 is 2.54 bits per heavy atom. The molecular weight excluding hydrogens is 425 g/mol. The van der Waals surface area contributed by atoms with E-state index in [1.54, 1.807) is 31.4 Å². The van der Waals surface area contributed by atoms with Gasteiger partial charge in [0.25, 0.3) is 5.56 Å². The van der Waals surface area contributed by atoms with Crippen molar-refractivity contribution in [3.05, 3.63) is 80.7 Å². The van der Waals surface area contributed by atoms with E-state index < -0.39 is 15.6 Å². The Balaban J connectivity index is 1.80. The summed E-state index contributed by atoms with van der Waals surface area (Å²) in [5, 5.41) is 3.79. The van der Waals surface area contributed by atoms with E-state index in [4.69, 9.17) is 27.9 Å². The zero-order valence-electron chi connectivity index (χ0n) is 14.6. The quantitative estimate of drug-likeness (QED) is 0.637. The highest BCUT2D eigenvalue weighted by Gasteiger charge is 2.15. The molecule has 0 saturated heterocycles. The number of sulfonamides is 1. The lowest BCUT2D eigenvalue weighted by atomic mass is 10.2. The smallest absolute Gasteiger partial charge is 0.291 e. The molecule has 0 spiro atoms. The van der Waals surface area contributed by atoms with Gasteiger partial charge in [0.05, 0.1) is 28.9 Å². The van der Waals surface area contributed by atoms with Crippen molar-refractivity contribution in [2.45, 2.75) is 11.4 Å². The van der Waals surface area contributed by atoms with Crippen LogP contribution in [0.1, 0.15) is 5.56 Å². The molecule has 0 radical (unpaired) electrons. The fourth-order valence-electron chi connectivity index (χ4n) is 2.41. The van der Waals surface area contributed by atoms with E-state index >= 15 is 0 Å². The minimum atomic E-state index is -3.75. The van der Waals surface area contributed by atoms with Gasteiger partial charge in [-0.3, -0.25) is 4.79 Å². The van der Waals surface area contributed by atoms with E-state index in [1.807, 2.05) is 0 Å². The molecule has 10 heteroatoms. The van der Waals surface area contributed by atoms with Crippen molar-refractivity contribution in [3.8, 4) is 11.4 Å². The minimum absolute atomic E-state index is 0.0452. The van der Waals surface area contributed by atoms with Crippen molar-refractivity contribution < 1.29 is 13.2 Å². The molecule has 1 heterocycles. The lowest BCUT2D eigenvalue weighted by Crippen LogP contribution is -2.24. The molecule has 0 aliphatic rings. The Hall–Kier alpha value is -2.39. The molecule has 0 saturated carbocycles. The highest BCUT2D eigenvalue weighted by Crippen LogP contribution is 2.18. The molecule has 1 N–H and O–H groups in total. The van der Waals surface area contributed by atoms with Gasteiger partial charge in [0.15, 0.2) is 0 Å². The Bertz CT molecular complexity index is 1160. The second kappa shape index (κ2) is 8.32. The number of halogens is 2. The lowest BCUT2D eigenvalue weighted by molar-refractivity contribution is 0.414. The standard InChI is InChI=1S/C18H15Cl2N3O4S/c1-27-14-4-2-3-12(9-14)10-22-28(25,26)15-7-5-13(6-8-15)23-18(24)17(20)16(19)11-21-23/h2-9,11,22H,10H2,1H3. The predicted molar refractivity (Wildman–Crippen MR) is 107 cm³/mol. The molecule has 0 fully saturated rings. The maximum Gasteiger partial charge on any atom is 0.291 e. The minimum Gasteiger partial charge on any atom is -0.497 e. The van der Waals surface area contributed by atoms with Gasteiger partial charge in [-0.2, -0.15) is 9.78 Å². The summed E-state index contributed by atoms with van der Waals surface area (Å²) in [5.74, 6) is 0.639. The molecule has 3 aromatic rings. The summed E-state index contributed by atoms with van der Waals surface area (Å²) in [6.45, 7) is 0.106. The summed E-state index contributed by atoms with van der Waals surface area (Å²) in [6.07, 6.45) is 1.24. The van der Waals surface area contributed by atoms with E-state index in [0.29, 0.717) is 11.4 Å². The van der Waals surface area contributed by atoms with Crippen molar-refractivity contribution in [3.63, 3.8) is 0 Å². The third kappa shape index (κ3) is 4.36. The molecule has 28 heavy (non-hydrogen) atoms. The molecule has 0 aliphatic carbocycles. The van der Waals surface area contributed by atoms with Crippen LogP contribution in [0.3, 0.4) is 0 Å². The Labute approximate surface area is 171 Å². The molecule has 0 aliphatic heterocycles. The summed E-state index contributed by atoms with van der Waals surface area (Å²) in [5.41, 5.74) is 0.516. The highest BCUT2D eigenvalue weighted by atomic mass is 35.5. The van der Waals surface area contributed by atoms with Gasteiger partial charge in [-0.1, -0.05) is 35.3 Å². The van der Waals surface area contributed by atoms with Gasteiger partial charge in [-0.25, -0.2) is 13.1 Å². The van der Waals surface area contributed by atoms with Crippen LogP contribution >= 0.6 is 23.2 Å². The van der Waals surface area contributed by atoms with Crippen molar-refractivity contribution >= 4 is 33.2 Å². The van der Waals surface area contributed by atoms with Crippen LogP contribution in [0.5, 0.6) is 5.75 Å². The van der Waals surface area contributed by atoms with E-state index in [-0.39, 0.29) is 21.5 Å². The summed E-state index contributed by atoms with van der Waals surface area (Å²) in [7, 11) is -2.21. The topological polar surface area (TPSA) is 90.3 Å².